The predicted octanol–water partition coefficient (Wildman–Crippen LogP) is 2.84. The summed E-state index contributed by atoms with van der Waals surface area (Å²) in [5.41, 5.74) is 7.52. The number of rotatable bonds is 6. The molecule has 0 fully saturated rings. The smallest absolute Gasteiger partial charge is 0.122 e. The van der Waals surface area contributed by atoms with Crippen molar-refractivity contribution >= 4 is 5.84 Å². The van der Waals surface area contributed by atoms with Gasteiger partial charge in [0.2, 0.25) is 0 Å². The molecule has 1 aromatic carbocycles. The largest absolute Gasteiger partial charge is 0.384 e. The van der Waals surface area contributed by atoms with Crippen LogP contribution in [0, 0.1) is 11.3 Å². The van der Waals surface area contributed by atoms with E-state index in [0.29, 0.717) is 12.0 Å². The normalized spacial score (nSPS) is 13.0. The molecular formula is C15H25N3. The standard InChI is InChI=1S/C15H25N3/c1-11(2)8-12(3)18(4)10-13-6-5-7-14(9-13)15(16)17/h5-7,9,11-12H,8,10H2,1-4H3,(H3,16,17). The fourth-order valence-corrected chi connectivity index (χ4v) is 2.14. The summed E-state index contributed by atoms with van der Waals surface area (Å²) >= 11 is 0. The summed E-state index contributed by atoms with van der Waals surface area (Å²) < 4.78 is 0. The molecule has 1 rings (SSSR count). The van der Waals surface area contributed by atoms with E-state index >= 15 is 0 Å². The Kier molecular flexibility index (Phi) is 5.35. The van der Waals surface area contributed by atoms with Gasteiger partial charge in [-0.1, -0.05) is 32.0 Å². The third-order valence-corrected chi connectivity index (χ3v) is 3.23. The van der Waals surface area contributed by atoms with E-state index in [1.54, 1.807) is 0 Å². The van der Waals surface area contributed by atoms with E-state index in [2.05, 4.69) is 38.8 Å². The van der Waals surface area contributed by atoms with Gasteiger partial charge < -0.3 is 5.73 Å². The van der Waals surface area contributed by atoms with E-state index in [-0.39, 0.29) is 5.84 Å². The van der Waals surface area contributed by atoms with Gasteiger partial charge in [0.05, 0.1) is 0 Å². The van der Waals surface area contributed by atoms with Gasteiger partial charge in [-0.25, -0.2) is 0 Å². The summed E-state index contributed by atoms with van der Waals surface area (Å²) in [6.45, 7) is 7.66. The Hall–Kier alpha value is -1.35. The van der Waals surface area contributed by atoms with Gasteiger partial charge in [0.1, 0.15) is 5.84 Å². The molecule has 1 atom stereocenters. The molecule has 0 saturated heterocycles. The van der Waals surface area contributed by atoms with Crippen LogP contribution in [0.5, 0.6) is 0 Å². The lowest BCUT2D eigenvalue weighted by Crippen LogP contribution is -2.29. The van der Waals surface area contributed by atoms with Crippen molar-refractivity contribution < 1.29 is 0 Å². The van der Waals surface area contributed by atoms with Crippen LogP contribution < -0.4 is 5.73 Å². The highest BCUT2D eigenvalue weighted by atomic mass is 15.1. The number of hydrogen-bond donors (Lipinski definition) is 2. The van der Waals surface area contributed by atoms with Gasteiger partial charge in [-0.15, -0.1) is 0 Å². The number of benzene rings is 1. The Labute approximate surface area is 111 Å². The number of nitrogen functional groups attached to an aromatic ring is 1. The second-order valence-electron chi connectivity index (χ2n) is 5.51. The molecule has 0 heterocycles. The van der Waals surface area contributed by atoms with Gasteiger partial charge in [-0.2, -0.15) is 0 Å². The molecule has 0 aliphatic heterocycles. The van der Waals surface area contributed by atoms with E-state index < -0.39 is 0 Å². The molecule has 0 saturated carbocycles. The molecule has 100 valence electrons. The molecule has 3 N–H and O–H groups in total. The van der Waals surface area contributed by atoms with E-state index in [1.165, 1.54) is 12.0 Å². The Morgan fingerprint density at radius 3 is 2.56 bits per heavy atom. The summed E-state index contributed by atoms with van der Waals surface area (Å²) in [4.78, 5) is 2.35. The van der Waals surface area contributed by atoms with Crippen LogP contribution >= 0.6 is 0 Å². The molecule has 18 heavy (non-hydrogen) atoms. The summed E-state index contributed by atoms with van der Waals surface area (Å²) in [6.07, 6.45) is 1.20. The van der Waals surface area contributed by atoms with Crippen molar-refractivity contribution in [3.63, 3.8) is 0 Å². The van der Waals surface area contributed by atoms with Crippen LogP contribution in [0.3, 0.4) is 0 Å². The molecule has 1 aromatic rings. The third kappa shape index (κ3) is 4.49. The molecule has 0 spiro atoms. The Balaban J connectivity index is 2.66. The van der Waals surface area contributed by atoms with Crippen LogP contribution in [-0.2, 0) is 6.54 Å². The van der Waals surface area contributed by atoms with Crippen molar-refractivity contribution in [3.8, 4) is 0 Å². The minimum atomic E-state index is 0.134. The Morgan fingerprint density at radius 2 is 2.00 bits per heavy atom. The quantitative estimate of drug-likeness (QED) is 0.600. The maximum absolute atomic E-state index is 7.46. The van der Waals surface area contributed by atoms with E-state index in [1.807, 2.05) is 18.2 Å². The molecule has 1 unspecified atom stereocenters. The molecule has 0 radical (unpaired) electrons. The number of nitrogens with zero attached hydrogens (tertiary/aromatic N) is 1. The number of amidine groups is 1. The SMILES string of the molecule is CC(C)CC(C)N(C)Cc1cccc(C(=N)N)c1. The second kappa shape index (κ2) is 6.55. The fraction of sp³-hybridized carbons (Fsp3) is 0.533. The van der Waals surface area contributed by atoms with Gasteiger partial charge in [-0.3, -0.25) is 10.3 Å². The average molecular weight is 247 g/mol. The minimum absolute atomic E-state index is 0.134. The molecule has 0 aliphatic rings. The van der Waals surface area contributed by atoms with Crippen molar-refractivity contribution in [2.24, 2.45) is 11.7 Å². The molecular weight excluding hydrogens is 222 g/mol. The first-order chi connectivity index (χ1) is 8.40. The minimum Gasteiger partial charge on any atom is -0.384 e. The predicted molar refractivity (Wildman–Crippen MR) is 77.8 cm³/mol. The highest BCUT2D eigenvalue weighted by Crippen LogP contribution is 2.13. The highest BCUT2D eigenvalue weighted by Gasteiger charge is 2.11. The van der Waals surface area contributed by atoms with Crippen LogP contribution in [0.25, 0.3) is 0 Å². The topological polar surface area (TPSA) is 53.1 Å². The molecule has 0 aliphatic carbocycles. The van der Waals surface area contributed by atoms with Crippen molar-refractivity contribution in [1.29, 1.82) is 5.41 Å². The zero-order valence-corrected chi connectivity index (χ0v) is 11.9. The first-order valence-corrected chi connectivity index (χ1v) is 6.53. The molecule has 0 bridgehead atoms. The lowest BCUT2D eigenvalue weighted by molar-refractivity contribution is 0.220. The third-order valence-electron chi connectivity index (χ3n) is 3.23. The lowest BCUT2D eigenvalue weighted by Gasteiger charge is -2.26. The van der Waals surface area contributed by atoms with Crippen molar-refractivity contribution in [3.05, 3.63) is 35.4 Å². The zero-order chi connectivity index (χ0) is 13.7. The van der Waals surface area contributed by atoms with Crippen molar-refractivity contribution in [2.75, 3.05) is 7.05 Å². The first-order valence-electron chi connectivity index (χ1n) is 6.53. The summed E-state index contributed by atoms with van der Waals surface area (Å²) in [5, 5.41) is 7.46. The Morgan fingerprint density at radius 1 is 1.33 bits per heavy atom. The molecule has 0 aromatic heterocycles. The summed E-state index contributed by atoms with van der Waals surface area (Å²) in [7, 11) is 2.15. The van der Waals surface area contributed by atoms with Crippen molar-refractivity contribution in [1.82, 2.24) is 4.90 Å². The lowest BCUT2D eigenvalue weighted by atomic mass is 10.0. The van der Waals surface area contributed by atoms with Gasteiger partial charge in [0.15, 0.2) is 0 Å². The maximum Gasteiger partial charge on any atom is 0.122 e. The van der Waals surface area contributed by atoms with Gasteiger partial charge in [-0.05, 0) is 37.9 Å². The van der Waals surface area contributed by atoms with Crippen molar-refractivity contribution in [2.45, 2.75) is 39.8 Å². The van der Waals surface area contributed by atoms with Crippen LogP contribution in [0.4, 0.5) is 0 Å². The summed E-state index contributed by atoms with van der Waals surface area (Å²) in [5.74, 6) is 0.848. The molecule has 3 heteroatoms. The van der Waals surface area contributed by atoms with Crippen LogP contribution in [0.2, 0.25) is 0 Å². The van der Waals surface area contributed by atoms with E-state index in [0.717, 1.165) is 12.1 Å². The number of nitrogens with one attached hydrogen (secondary N) is 1. The average Bonchev–Trinajstić information content (AvgIpc) is 2.28. The fourth-order valence-electron chi connectivity index (χ4n) is 2.14. The van der Waals surface area contributed by atoms with Crippen LogP contribution in [-0.4, -0.2) is 23.8 Å². The number of hydrogen-bond acceptors (Lipinski definition) is 2. The monoisotopic (exact) mass is 247 g/mol. The van der Waals surface area contributed by atoms with E-state index in [9.17, 15) is 0 Å². The highest BCUT2D eigenvalue weighted by molar-refractivity contribution is 5.95. The van der Waals surface area contributed by atoms with Gasteiger partial charge in [0, 0.05) is 18.2 Å². The number of nitrogens with two attached hydrogens (primary N) is 1. The molecule has 0 amide bonds. The van der Waals surface area contributed by atoms with E-state index in [4.69, 9.17) is 11.1 Å². The Bertz CT molecular complexity index is 398. The van der Waals surface area contributed by atoms with Gasteiger partial charge >= 0.3 is 0 Å². The second-order valence-corrected chi connectivity index (χ2v) is 5.51. The molecule has 3 nitrogen and oxygen atoms in total. The van der Waals surface area contributed by atoms with Crippen LogP contribution in [0.1, 0.15) is 38.3 Å². The van der Waals surface area contributed by atoms with Crippen LogP contribution in [0.15, 0.2) is 24.3 Å². The van der Waals surface area contributed by atoms with Gasteiger partial charge in [0.25, 0.3) is 0 Å². The zero-order valence-electron chi connectivity index (χ0n) is 11.9. The summed E-state index contributed by atoms with van der Waals surface area (Å²) in [6, 6.07) is 8.49. The maximum atomic E-state index is 7.46. The first kappa shape index (κ1) is 14.7.